The first-order valence-electron chi connectivity index (χ1n) is 12.1. The summed E-state index contributed by atoms with van der Waals surface area (Å²) in [6, 6.07) is 8.44. The number of aryl methyl sites for hydroxylation is 1. The zero-order chi connectivity index (χ0) is 33.2. The summed E-state index contributed by atoms with van der Waals surface area (Å²) in [5.74, 6) is -4.51. The van der Waals surface area contributed by atoms with Crippen LogP contribution in [0.4, 0.5) is 45.2 Å². The van der Waals surface area contributed by atoms with Crippen LogP contribution in [0.1, 0.15) is 47.8 Å². The van der Waals surface area contributed by atoms with E-state index in [0.29, 0.717) is 0 Å². The van der Waals surface area contributed by atoms with E-state index < -0.39 is 71.2 Å². The average Bonchev–Trinajstić information content (AvgIpc) is 2.92. The molecule has 0 aliphatic rings. The summed E-state index contributed by atoms with van der Waals surface area (Å²) in [5, 5.41) is 11.4. The number of alkyl halides is 9. The normalized spacial score (nSPS) is 12.2. The number of carbonyl (C=O) groups is 3. The third kappa shape index (κ3) is 6.73. The molecule has 0 bridgehead atoms. The second-order valence-electron chi connectivity index (χ2n) is 9.13. The van der Waals surface area contributed by atoms with Crippen LogP contribution < -0.4 is 14.8 Å². The average molecular weight is 637 g/mol. The van der Waals surface area contributed by atoms with Gasteiger partial charge in [0, 0.05) is 23.1 Å². The quantitative estimate of drug-likeness (QED) is 0.179. The maximum Gasteiger partial charge on any atom is 0.435 e. The van der Waals surface area contributed by atoms with Crippen molar-refractivity contribution in [3.05, 3.63) is 88.0 Å². The third-order valence-corrected chi connectivity index (χ3v) is 6.33. The molecule has 0 saturated heterocycles. The van der Waals surface area contributed by atoms with Crippen molar-refractivity contribution in [3.63, 3.8) is 0 Å². The van der Waals surface area contributed by atoms with Crippen molar-refractivity contribution in [2.45, 2.75) is 38.0 Å². The fourth-order valence-electron chi connectivity index (χ4n) is 4.19. The van der Waals surface area contributed by atoms with Gasteiger partial charge in [-0.15, -0.1) is 0 Å². The molecule has 0 atom stereocenters. The Morgan fingerprint density at radius 2 is 1.45 bits per heavy atom. The second-order valence-corrected chi connectivity index (χ2v) is 9.13. The van der Waals surface area contributed by atoms with E-state index in [0.717, 1.165) is 26.2 Å². The van der Waals surface area contributed by atoms with Gasteiger partial charge in [0.15, 0.2) is 11.5 Å². The van der Waals surface area contributed by atoms with Gasteiger partial charge in [-0.05, 0) is 55.0 Å². The molecule has 0 saturated carbocycles. The van der Waals surface area contributed by atoms with Crippen molar-refractivity contribution < 1.29 is 68.5 Å². The van der Waals surface area contributed by atoms with E-state index in [1.165, 1.54) is 30.3 Å². The largest absolute Gasteiger partial charge is 0.494 e. The lowest BCUT2D eigenvalue weighted by molar-refractivity contribution is -0.348. The van der Waals surface area contributed by atoms with Crippen molar-refractivity contribution in [1.29, 1.82) is 0 Å². The minimum Gasteiger partial charge on any atom is -0.494 e. The van der Waals surface area contributed by atoms with Gasteiger partial charge in [-0.1, -0.05) is 12.1 Å². The van der Waals surface area contributed by atoms with Gasteiger partial charge < -0.3 is 19.9 Å². The fraction of sp³-hybridized carbons (Fsp3) is 0.250. The number of hydrogen-bond donors (Lipinski definition) is 2. The van der Waals surface area contributed by atoms with E-state index in [4.69, 9.17) is 9.84 Å². The topological polar surface area (TPSA) is 102 Å². The van der Waals surface area contributed by atoms with Crippen LogP contribution in [0.5, 0.6) is 11.5 Å². The number of ether oxygens (including phenoxy) is 2. The molecule has 3 aromatic rings. The van der Waals surface area contributed by atoms with Crippen LogP contribution in [-0.4, -0.2) is 48.8 Å². The Hall–Kier alpha value is -4.76. The minimum atomic E-state index is -6.53. The molecule has 0 spiro atoms. The number of methoxy groups -OCH3 is 1. The molecule has 3 aromatic carbocycles. The van der Waals surface area contributed by atoms with Crippen LogP contribution in [0.15, 0.2) is 54.6 Å². The number of carboxylic acid groups (broad SMARTS) is 1. The molecule has 0 aromatic heterocycles. The maximum absolute atomic E-state index is 14.7. The number of ketones is 1. The standard InChI is InChI=1S/C28H20F9NO6/c1-13-10-16(26(31,27(32,33)34)28(35,36)37)11-21(44-25(29)30)18(13)12-20(39)17-4-3-5-19(22(17)43-2)38-23(40)14-6-8-15(9-7-14)24(41)42/h3-11,25H,12H2,1-2H3,(H,38,40)(H,41,42). The number of carbonyl (C=O) groups excluding carboxylic acids is 2. The summed E-state index contributed by atoms with van der Waals surface area (Å²) in [7, 11) is 1.10. The number of carboxylic acids is 1. The molecule has 236 valence electrons. The highest BCUT2D eigenvalue weighted by Gasteiger charge is 2.73. The Morgan fingerprint density at radius 3 is 1.95 bits per heavy atom. The SMILES string of the molecule is COc1c(NC(=O)c2ccc(C(=O)O)cc2)cccc1C(=O)Cc1c(C)cc(C(F)(C(F)(F)F)C(F)(F)F)cc1OC(F)F. The van der Waals surface area contributed by atoms with Gasteiger partial charge in [-0.3, -0.25) is 9.59 Å². The molecule has 2 N–H and O–H groups in total. The van der Waals surface area contributed by atoms with Crippen molar-refractivity contribution in [2.75, 3.05) is 12.4 Å². The molecule has 1 amide bonds. The van der Waals surface area contributed by atoms with E-state index in [2.05, 4.69) is 10.1 Å². The minimum absolute atomic E-state index is 0.0138. The first-order chi connectivity index (χ1) is 20.3. The number of hydrogen-bond acceptors (Lipinski definition) is 5. The van der Waals surface area contributed by atoms with Crippen LogP contribution in [-0.2, 0) is 12.1 Å². The second kappa shape index (κ2) is 12.5. The summed E-state index contributed by atoms with van der Waals surface area (Å²) in [6.45, 7) is -2.90. The number of Topliss-reactive ketones (excluding diaryl/α,β-unsaturated/α-hetero) is 1. The predicted molar refractivity (Wildman–Crippen MR) is 135 cm³/mol. The molecule has 0 aliphatic carbocycles. The number of anilines is 1. The Balaban J connectivity index is 2.02. The number of benzene rings is 3. The highest BCUT2D eigenvalue weighted by atomic mass is 19.4. The molecule has 0 unspecified atom stereocenters. The number of rotatable bonds is 10. The number of amides is 1. The Morgan fingerprint density at radius 1 is 0.886 bits per heavy atom. The zero-order valence-corrected chi connectivity index (χ0v) is 22.4. The summed E-state index contributed by atoms with van der Waals surface area (Å²) in [6.07, 6.45) is -14.0. The Bertz CT molecular complexity index is 1550. The predicted octanol–water partition coefficient (Wildman–Crippen LogP) is 7.27. The first kappa shape index (κ1) is 33.7. The van der Waals surface area contributed by atoms with Gasteiger partial charge in [-0.2, -0.15) is 35.1 Å². The highest BCUT2D eigenvalue weighted by Crippen LogP contribution is 2.54. The first-order valence-corrected chi connectivity index (χ1v) is 12.1. The molecule has 3 rings (SSSR count). The summed E-state index contributed by atoms with van der Waals surface area (Å²) in [5.41, 5.74) is -9.66. The monoisotopic (exact) mass is 637 g/mol. The zero-order valence-electron chi connectivity index (χ0n) is 22.4. The van der Waals surface area contributed by atoms with Crippen LogP contribution in [0, 0.1) is 6.92 Å². The lowest BCUT2D eigenvalue weighted by Crippen LogP contribution is -2.50. The van der Waals surface area contributed by atoms with Crippen molar-refractivity contribution in [1.82, 2.24) is 0 Å². The van der Waals surface area contributed by atoms with Crippen LogP contribution >= 0.6 is 0 Å². The summed E-state index contributed by atoms with van der Waals surface area (Å²) < 4.78 is 130. The van der Waals surface area contributed by atoms with E-state index in [1.54, 1.807) is 0 Å². The van der Waals surface area contributed by atoms with E-state index in [1.807, 2.05) is 0 Å². The highest BCUT2D eigenvalue weighted by molar-refractivity contribution is 6.08. The van der Waals surface area contributed by atoms with Crippen LogP contribution in [0.25, 0.3) is 0 Å². The van der Waals surface area contributed by atoms with Crippen molar-refractivity contribution in [2.24, 2.45) is 0 Å². The fourth-order valence-corrected chi connectivity index (χ4v) is 4.19. The molecule has 16 heteroatoms. The number of nitrogens with one attached hydrogen (secondary N) is 1. The number of aromatic carboxylic acids is 1. The van der Waals surface area contributed by atoms with E-state index in [9.17, 15) is 53.9 Å². The summed E-state index contributed by atoms with van der Waals surface area (Å²) >= 11 is 0. The smallest absolute Gasteiger partial charge is 0.435 e. The van der Waals surface area contributed by atoms with Crippen LogP contribution in [0.2, 0.25) is 0 Å². The molecule has 0 heterocycles. The van der Waals surface area contributed by atoms with Gasteiger partial charge in [0.25, 0.3) is 5.91 Å². The van der Waals surface area contributed by atoms with Crippen molar-refractivity contribution >= 4 is 23.3 Å². The van der Waals surface area contributed by atoms with Gasteiger partial charge in [0.1, 0.15) is 5.75 Å². The van der Waals surface area contributed by atoms with E-state index >= 15 is 0 Å². The molecule has 7 nitrogen and oxygen atoms in total. The third-order valence-electron chi connectivity index (χ3n) is 6.33. The lowest BCUT2D eigenvalue weighted by Gasteiger charge is -2.31. The molecule has 0 fully saturated rings. The van der Waals surface area contributed by atoms with Crippen LogP contribution in [0.3, 0.4) is 0 Å². The van der Waals surface area contributed by atoms with Gasteiger partial charge in [0.05, 0.1) is 23.9 Å². The molecule has 44 heavy (non-hydrogen) atoms. The molecular weight excluding hydrogens is 617 g/mol. The molecular formula is C28H20F9NO6. The number of para-hydroxylation sites is 1. The van der Waals surface area contributed by atoms with Gasteiger partial charge in [0.2, 0.25) is 0 Å². The lowest BCUT2D eigenvalue weighted by atomic mass is 9.89. The van der Waals surface area contributed by atoms with Gasteiger partial charge >= 0.3 is 30.6 Å². The van der Waals surface area contributed by atoms with Gasteiger partial charge in [-0.25, -0.2) is 9.18 Å². The van der Waals surface area contributed by atoms with E-state index in [-0.39, 0.29) is 40.3 Å². The Labute approximate surface area is 242 Å². The van der Waals surface area contributed by atoms with Crippen molar-refractivity contribution in [3.8, 4) is 11.5 Å². The molecule has 0 radical (unpaired) electrons. The molecule has 0 aliphatic heterocycles. The number of halogens is 9. The maximum atomic E-state index is 14.7. The summed E-state index contributed by atoms with van der Waals surface area (Å²) in [4.78, 5) is 37.0. The Kier molecular flexibility index (Phi) is 9.55.